The molecule has 0 unspecified atom stereocenters. The summed E-state index contributed by atoms with van der Waals surface area (Å²) in [6.45, 7) is 6.34. The van der Waals surface area contributed by atoms with Crippen LogP contribution in [0.1, 0.15) is 25.0 Å². The highest BCUT2D eigenvalue weighted by atomic mass is 127. The van der Waals surface area contributed by atoms with Gasteiger partial charge in [-0.3, -0.25) is 0 Å². The van der Waals surface area contributed by atoms with Crippen LogP contribution in [-0.4, -0.2) is 7.11 Å². The Morgan fingerprint density at radius 2 is 1.86 bits per heavy atom. The summed E-state index contributed by atoms with van der Waals surface area (Å²) in [6, 6.07) is 6.30. The van der Waals surface area contributed by atoms with Crippen molar-refractivity contribution in [1.29, 1.82) is 0 Å². The zero-order chi connectivity index (χ0) is 10.7. The monoisotopic (exact) mass is 302 g/mol. The Morgan fingerprint density at radius 1 is 1.21 bits per heavy atom. The maximum absolute atomic E-state index is 5.24. The third-order valence-corrected chi connectivity index (χ3v) is 3.05. The summed E-state index contributed by atoms with van der Waals surface area (Å²) in [6.07, 6.45) is 0. The van der Waals surface area contributed by atoms with Crippen LogP contribution in [-0.2, 0) is 0 Å². The van der Waals surface area contributed by atoms with Gasteiger partial charge in [0.05, 0.1) is 7.11 Å². The van der Waals surface area contributed by atoms with Crippen LogP contribution in [0.5, 0.6) is 5.75 Å². The summed E-state index contributed by atoms with van der Waals surface area (Å²) in [5, 5.41) is 0. The van der Waals surface area contributed by atoms with Crippen molar-refractivity contribution in [1.82, 2.24) is 0 Å². The largest absolute Gasteiger partial charge is 0.497 e. The summed E-state index contributed by atoms with van der Waals surface area (Å²) in [5.41, 5.74) is 3.79. The van der Waals surface area contributed by atoms with Gasteiger partial charge in [-0.15, -0.1) is 0 Å². The highest BCUT2D eigenvalue weighted by Gasteiger charge is 2.02. The number of hydrogen-bond acceptors (Lipinski definition) is 1. The zero-order valence-electron chi connectivity index (χ0n) is 9.02. The quantitative estimate of drug-likeness (QED) is 0.744. The molecule has 1 aromatic rings. The molecule has 1 aromatic carbocycles. The second-order valence-electron chi connectivity index (χ2n) is 3.40. The smallest absolute Gasteiger partial charge is 0.119 e. The van der Waals surface area contributed by atoms with Crippen molar-refractivity contribution in [3.05, 3.63) is 32.9 Å². The van der Waals surface area contributed by atoms with Gasteiger partial charge in [-0.1, -0.05) is 6.07 Å². The molecule has 2 heteroatoms. The summed E-state index contributed by atoms with van der Waals surface area (Å²) < 4.78 is 6.56. The average Bonchev–Trinajstić information content (AvgIpc) is 2.15. The van der Waals surface area contributed by atoms with E-state index in [1.807, 2.05) is 6.07 Å². The van der Waals surface area contributed by atoms with Gasteiger partial charge in [0, 0.05) is 0 Å². The molecule has 0 saturated heterocycles. The average molecular weight is 302 g/mol. The van der Waals surface area contributed by atoms with Crippen molar-refractivity contribution in [2.45, 2.75) is 20.8 Å². The molecular formula is C12H15IO. The Hall–Kier alpha value is -0.510. The molecule has 0 aliphatic rings. The second-order valence-corrected chi connectivity index (χ2v) is 5.02. The Bertz CT molecular complexity index is 363. The molecule has 0 aromatic heterocycles. The van der Waals surface area contributed by atoms with E-state index in [2.05, 4.69) is 55.5 Å². The molecule has 0 bridgehead atoms. The first kappa shape index (κ1) is 11.6. The van der Waals surface area contributed by atoms with Gasteiger partial charge in [-0.05, 0) is 75.8 Å². The van der Waals surface area contributed by atoms with Crippen molar-refractivity contribution in [3.63, 3.8) is 0 Å². The molecule has 1 nitrogen and oxygen atoms in total. The van der Waals surface area contributed by atoms with Crippen molar-refractivity contribution in [2.75, 3.05) is 7.11 Å². The maximum atomic E-state index is 5.24. The first-order valence-corrected chi connectivity index (χ1v) is 5.61. The van der Waals surface area contributed by atoms with Gasteiger partial charge in [-0.25, -0.2) is 0 Å². The summed E-state index contributed by atoms with van der Waals surface area (Å²) in [4.78, 5) is 0. The topological polar surface area (TPSA) is 9.23 Å². The number of methoxy groups -OCH3 is 1. The van der Waals surface area contributed by atoms with E-state index in [0.29, 0.717) is 0 Å². The molecule has 0 aliphatic carbocycles. The van der Waals surface area contributed by atoms with E-state index in [0.717, 1.165) is 5.75 Å². The SMILES string of the molecule is COc1cc(C)cc(/C(C)=C(\C)I)c1. The van der Waals surface area contributed by atoms with Gasteiger partial charge in [0.2, 0.25) is 0 Å². The summed E-state index contributed by atoms with van der Waals surface area (Å²) in [5.74, 6) is 0.928. The molecule has 76 valence electrons. The van der Waals surface area contributed by atoms with Crippen molar-refractivity contribution in [3.8, 4) is 5.75 Å². The zero-order valence-corrected chi connectivity index (χ0v) is 11.2. The Labute approximate surface area is 99.3 Å². The lowest BCUT2D eigenvalue weighted by Gasteiger charge is -2.08. The Morgan fingerprint density at radius 3 is 2.36 bits per heavy atom. The Balaban J connectivity index is 3.23. The van der Waals surface area contributed by atoms with E-state index in [-0.39, 0.29) is 0 Å². The van der Waals surface area contributed by atoms with E-state index < -0.39 is 0 Å². The fourth-order valence-corrected chi connectivity index (χ4v) is 1.59. The van der Waals surface area contributed by atoms with Crippen LogP contribution in [0.15, 0.2) is 21.8 Å². The van der Waals surface area contributed by atoms with Crippen LogP contribution in [0.4, 0.5) is 0 Å². The molecule has 1 rings (SSSR count). The minimum atomic E-state index is 0.928. The van der Waals surface area contributed by atoms with Crippen LogP contribution >= 0.6 is 22.6 Å². The van der Waals surface area contributed by atoms with E-state index in [1.54, 1.807) is 7.11 Å². The first-order chi connectivity index (χ1) is 6.54. The van der Waals surface area contributed by atoms with Gasteiger partial charge in [-0.2, -0.15) is 0 Å². The van der Waals surface area contributed by atoms with Crippen molar-refractivity contribution < 1.29 is 4.74 Å². The molecule has 0 amide bonds. The minimum absolute atomic E-state index is 0.928. The van der Waals surface area contributed by atoms with Crippen LogP contribution in [0, 0.1) is 6.92 Å². The van der Waals surface area contributed by atoms with Crippen LogP contribution < -0.4 is 4.74 Å². The van der Waals surface area contributed by atoms with Gasteiger partial charge in [0.1, 0.15) is 5.75 Å². The lowest BCUT2D eigenvalue weighted by atomic mass is 10.0. The van der Waals surface area contributed by atoms with E-state index in [4.69, 9.17) is 4.74 Å². The number of ether oxygens (including phenoxy) is 1. The second kappa shape index (κ2) is 4.82. The third-order valence-electron chi connectivity index (χ3n) is 2.24. The van der Waals surface area contributed by atoms with Gasteiger partial charge in [0.15, 0.2) is 0 Å². The molecule has 14 heavy (non-hydrogen) atoms. The molecule has 0 saturated carbocycles. The lowest BCUT2D eigenvalue weighted by Crippen LogP contribution is -1.88. The molecule has 0 N–H and O–H groups in total. The number of aryl methyl sites for hydroxylation is 1. The van der Waals surface area contributed by atoms with E-state index >= 15 is 0 Å². The molecule has 0 atom stereocenters. The third kappa shape index (κ3) is 2.74. The van der Waals surface area contributed by atoms with Crippen molar-refractivity contribution in [2.24, 2.45) is 0 Å². The first-order valence-electron chi connectivity index (χ1n) is 4.53. The fourth-order valence-electron chi connectivity index (χ4n) is 1.28. The number of hydrogen-bond donors (Lipinski definition) is 0. The molecule has 0 radical (unpaired) electrons. The molecule has 0 fully saturated rings. The predicted molar refractivity (Wildman–Crippen MR) is 70.0 cm³/mol. The van der Waals surface area contributed by atoms with Crippen molar-refractivity contribution >= 4 is 28.2 Å². The summed E-state index contributed by atoms with van der Waals surface area (Å²) >= 11 is 2.35. The predicted octanol–water partition coefficient (Wildman–Crippen LogP) is 4.19. The molecule has 0 aliphatic heterocycles. The summed E-state index contributed by atoms with van der Waals surface area (Å²) in [7, 11) is 1.70. The highest BCUT2D eigenvalue weighted by molar-refractivity contribution is 14.1. The molecule has 0 spiro atoms. The highest BCUT2D eigenvalue weighted by Crippen LogP contribution is 2.26. The number of allylic oxidation sites excluding steroid dienone is 2. The van der Waals surface area contributed by atoms with E-state index in [1.165, 1.54) is 20.3 Å². The molecule has 0 heterocycles. The van der Waals surface area contributed by atoms with Gasteiger partial charge >= 0.3 is 0 Å². The van der Waals surface area contributed by atoms with Crippen LogP contribution in [0.3, 0.4) is 0 Å². The maximum Gasteiger partial charge on any atom is 0.119 e. The van der Waals surface area contributed by atoms with Crippen LogP contribution in [0.25, 0.3) is 5.57 Å². The Kier molecular flexibility index (Phi) is 3.98. The number of rotatable bonds is 2. The van der Waals surface area contributed by atoms with Crippen LogP contribution in [0.2, 0.25) is 0 Å². The number of halogens is 1. The normalized spacial score (nSPS) is 12.4. The van der Waals surface area contributed by atoms with Gasteiger partial charge < -0.3 is 4.74 Å². The molecular weight excluding hydrogens is 287 g/mol. The standard InChI is InChI=1S/C12H15IO/c1-8-5-11(9(2)10(3)13)7-12(6-8)14-4/h5-7H,1-4H3/b10-9+. The van der Waals surface area contributed by atoms with E-state index in [9.17, 15) is 0 Å². The lowest BCUT2D eigenvalue weighted by molar-refractivity contribution is 0.414. The fraction of sp³-hybridized carbons (Fsp3) is 0.333. The van der Waals surface area contributed by atoms with Gasteiger partial charge in [0.25, 0.3) is 0 Å². The minimum Gasteiger partial charge on any atom is -0.497 e. The number of benzene rings is 1.